The van der Waals surface area contributed by atoms with Gasteiger partial charge in [0.05, 0.1) is 24.7 Å². The molecule has 10 nitrogen and oxygen atoms in total. The van der Waals surface area contributed by atoms with E-state index in [-0.39, 0.29) is 11.8 Å². The summed E-state index contributed by atoms with van der Waals surface area (Å²) in [5, 5.41) is 5.55. The van der Waals surface area contributed by atoms with Crippen LogP contribution in [0.2, 0.25) is 0 Å². The summed E-state index contributed by atoms with van der Waals surface area (Å²) >= 11 is -1.91. The molecule has 1 atom stereocenters. The van der Waals surface area contributed by atoms with E-state index in [4.69, 9.17) is 20.4 Å². The number of nitrogens with two attached hydrogens (primary N) is 1. The number of urea groups is 1. The molecule has 1 aromatic carbocycles. The van der Waals surface area contributed by atoms with E-state index in [1.165, 1.54) is 0 Å². The zero-order valence-electron chi connectivity index (χ0n) is 20.2. The number of ether oxygens (including phenoxy) is 1. The number of anilines is 2. The summed E-state index contributed by atoms with van der Waals surface area (Å²) in [7, 11) is 0. The van der Waals surface area contributed by atoms with Gasteiger partial charge in [-0.25, -0.2) is 19.0 Å². The molecule has 2 aromatic rings. The molecule has 190 valence electrons. The molecule has 11 heteroatoms. The molecule has 5 N–H and O–H groups in total. The van der Waals surface area contributed by atoms with E-state index >= 15 is 0 Å². The Morgan fingerprint density at radius 2 is 1.91 bits per heavy atom. The lowest BCUT2D eigenvalue weighted by Crippen LogP contribution is -2.46. The highest BCUT2D eigenvalue weighted by molar-refractivity contribution is 7.79. The average Bonchev–Trinajstić information content (AvgIpc) is 2.80. The summed E-state index contributed by atoms with van der Waals surface area (Å²) in [6, 6.07) is 8.97. The smallest absolute Gasteiger partial charge is 0.319 e. The minimum Gasteiger partial charge on any atom is -0.378 e. The van der Waals surface area contributed by atoms with E-state index in [1.54, 1.807) is 12.1 Å². The number of carbonyl (C=O) groups excluding carboxylic acids is 1. The number of hydrogen-bond acceptors (Lipinski definition) is 7. The van der Waals surface area contributed by atoms with Crippen LogP contribution >= 0.6 is 0 Å². The number of nitrogens with one attached hydrogen (secondary N) is 2. The first-order chi connectivity index (χ1) is 16.6. The second-order valence-corrected chi connectivity index (χ2v) is 10.9. The van der Waals surface area contributed by atoms with Crippen LogP contribution in [0.15, 0.2) is 30.3 Å². The maximum absolute atomic E-state index is 12.2. The van der Waals surface area contributed by atoms with Crippen molar-refractivity contribution in [3.05, 3.63) is 36.0 Å². The molecule has 1 saturated heterocycles. The summed E-state index contributed by atoms with van der Waals surface area (Å²) < 4.78 is 26.9. The fraction of sp³-hybridized carbons (Fsp3) is 0.542. The third-order valence-electron chi connectivity index (χ3n) is 6.41. The van der Waals surface area contributed by atoms with Gasteiger partial charge in [-0.3, -0.25) is 0 Å². The van der Waals surface area contributed by atoms with Gasteiger partial charge >= 0.3 is 6.03 Å². The minimum absolute atomic E-state index is 0.170. The first kappa shape index (κ1) is 25.5. The molecule has 2 aliphatic rings. The lowest BCUT2D eigenvalue weighted by atomic mass is 9.68. The van der Waals surface area contributed by atoms with Gasteiger partial charge in [0, 0.05) is 47.9 Å². The van der Waals surface area contributed by atoms with E-state index in [0.29, 0.717) is 31.3 Å². The molecule has 0 bridgehead atoms. The molecule has 2 fully saturated rings. The largest absolute Gasteiger partial charge is 0.378 e. The van der Waals surface area contributed by atoms with Crippen molar-refractivity contribution in [3.63, 3.8) is 0 Å². The molecular formula is C24H34N6O4S. The van der Waals surface area contributed by atoms with Crippen molar-refractivity contribution in [2.24, 2.45) is 5.73 Å². The van der Waals surface area contributed by atoms with Crippen LogP contribution in [0.25, 0.3) is 11.4 Å². The summed E-state index contributed by atoms with van der Waals surface area (Å²) in [5.41, 5.74) is 7.25. The van der Waals surface area contributed by atoms with Crippen LogP contribution in [0.3, 0.4) is 0 Å². The summed E-state index contributed by atoms with van der Waals surface area (Å²) in [4.78, 5) is 24.0. The van der Waals surface area contributed by atoms with Crippen LogP contribution in [0, 0.1) is 0 Å². The molecule has 1 saturated carbocycles. The predicted octanol–water partition coefficient (Wildman–Crippen LogP) is 2.48. The first-order valence-corrected chi connectivity index (χ1v) is 13.2. The van der Waals surface area contributed by atoms with Crippen molar-refractivity contribution >= 4 is 28.6 Å². The summed E-state index contributed by atoms with van der Waals surface area (Å²) in [5.74, 6) is 1.53. The molecule has 1 aliphatic heterocycles. The van der Waals surface area contributed by atoms with Gasteiger partial charge in [0.2, 0.25) is 0 Å². The number of carbonyl (C=O) groups is 1. The Labute approximate surface area is 208 Å². The van der Waals surface area contributed by atoms with Gasteiger partial charge in [0.15, 0.2) is 16.9 Å². The maximum atomic E-state index is 12.2. The van der Waals surface area contributed by atoms with Crippen molar-refractivity contribution in [2.75, 3.05) is 48.8 Å². The Bertz CT molecular complexity index is 1060. The summed E-state index contributed by atoms with van der Waals surface area (Å²) in [6.45, 7) is 6.75. The van der Waals surface area contributed by atoms with Crippen LogP contribution in [-0.2, 0) is 21.2 Å². The zero-order valence-corrected chi connectivity index (χ0v) is 21.1. The molecular weight excluding hydrogens is 468 g/mol. The van der Waals surface area contributed by atoms with Crippen molar-refractivity contribution < 1.29 is 18.3 Å². The number of nitrogens with zero attached hydrogens (tertiary/aromatic N) is 3. The Morgan fingerprint density at radius 3 is 2.49 bits per heavy atom. The lowest BCUT2D eigenvalue weighted by Gasteiger charge is -2.41. The number of benzene rings is 1. The van der Waals surface area contributed by atoms with E-state index in [9.17, 15) is 13.6 Å². The number of amides is 2. The SMILES string of the molecule is CC(C)(N)CNC(=O)Nc1ccc(-c2nc(N3CCOCC3)cc(C3(CS(=O)O)CCC3)n2)cc1. The zero-order chi connectivity index (χ0) is 25.1. The van der Waals surface area contributed by atoms with Gasteiger partial charge in [-0.2, -0.15) is 0 Å². The highest BCUT2D eigenvalue weighted by Gasteiger charge is 2.42. The Morgan fingerprint density at radius 1 is 1.23 bits per heavy atom. The van der Waals surface area contributed by atoms with Crippen LogP contribution < -0.4 is 21.3 Å². The third-order valence-corrected chi connectivity index (χ3v) is 7.21. The van der Waals surface area contributed by atoms with E-state index in [2.05, 4.69) is 15.5 Å². The van der Waals surface area contributed by atoms with Crippen molar-refractivity contribution in [3.8, 4) is 11.4 Å². The predicted molar refractivity (Wildman–Crippen MR) is 137 cm³/mol. The van der Waals surface area contributed by atoms with Gasteiger partial charge < -0.3 is 30.6 Å². The van der Waals surface area contributed by atoms with E-state index < -0.39 is 22.0 Å². The molecule has 1 aromatic heterocycles. The molecule has 2 heterocycles. The molecule has 2 amide bonds. The number of morpholine rings is 1. The Balaban J connectivity index is 1.59. The number of hydrogen-bond donors (Lipinski definition) is 4. The Hall–Kier alpha value is -2.60. The van der Waals surface area contributed by atoms with Crippen molar-refractivity contribution in [2.45, 2.75) is 44.1 Å². The fourth-order valence-corrected chi connectivity index (χ4v) is 5.20. The molecule has 4 rings (SSSR count). The van der Waals surface area contributed by atoms with Gasteiger partial charge in [-0.1, -0.05) is 6.42 Å². The van der Waals surface area contributed by atoms with E-state index in [0.717, 1.165) is 49.4 Å². The molecule has 1 aliphatic carbocycles. The van der Waals surface area contributed by atoms with Gasteiger partial charge in [0.1, 0.15) is 5.82 Å². The normalized spacial score (nSPS) is 18.5. The Kier molecular flexibility index (Phi) is 7.70. The molecule has 1 unspecified atom stereocenters. The fourth-order valence-electron chi connectivity index (χ4n) is 4.29. The van der Waals surface area contributed by atoms with Crippen molar-refractivity contribution in [1.82, 2.24) is 15.3 Å². The number of aromatic nitrogens is 2. The minimum atomic E-state index is -1.91. The second kappa shape index (κ2) is 10.6. The van der Waals surface area contributed by atoms with Gasteiger partial charge in [0.25, 0.3) is 0 Å². The lowest BCUT2D eigenvalue weighted by molar-refractivity contribution is 0.122. The van der Waals surface area contributed by atoms with Gasteiger partial charge in [-0.05, 0) is 51.0 Å². The highest BCUT2D eigenvalue weighted by atomic mass is 32.2. The molecule has 0 radical (unpaired) electrons. The van der Waals surface area contributed by atoms with Crippen LogP contribution in [0.5, 0.6) is 0 Å². The van der Waals surface area contributed by atoms with Crippen LogP contribution in [0.1, 0.15) is 38.8 Å². The van der Waals surface area contributed by atoms with Crippen LogP contribution in [-0.4, -0.2) is 68.9 Å². The quantitative estimate of drug-likeness (QED) is 0.403. The second-order valence-electron chi connectivity index (χ2n) is 10.0. The third kappa shape index (κ3) is 6.54. The monoisotopic (exact) mass is 502 g/mol. The maximum Gasteiger partial charge on any atom is 0.319 e. The standard InChI is InChI=1S/C24H34N6O4S/c1-23(2,25)15-26-22(31)27-18-6-4-17(5-7-18)21-28-19(24(8-3-9-24)16-35(32)33)14-20(29-21)30-10-12-34-13-11-30/h4-7,14H,3,8-13,15-16,25H2,1-2H3,(H,32,33)(H2,26,27,31). The average molecular weight is 503 g/mol. The van der Waals surface area contributed by atoms with Crippen LogP contribution in [0.4, 0.5) is 16.3 Å². The van der Waals surface area contributed by atoms with E-state index in [1.807, 2.05) is 32.0 Å². The van der Waals surface area contributed by atoms with Gasteiger partial charge in [-0.15, -0.1) is 0 Å². The highest BCUT2D eigenvalue weighted by Crippen LogP contribution is 2.44. The molecule has 0 spiro atoms. The first-order valence-electron chi connectivity index (χ1n) is 11.9. The number of rotatable bonds is 8. The summed E-state index contributed by atoms with van der Waals surface area (Å²) in [6.07, 6.45) is 2.67. The van der Waals surface area contributed by atoms with Crippen molar-refractivity contribution in [1.29, 1.82) is 0 Å². The topological polar surface area (TPSA) is 143 Å². The molecule has 35 heavy (non-hydrogen) atoms.